The van der Waals surface area contributed by atoms with E-state index in [-0.39, 0.29) is 0 Å². The van der Waals surface area contributed by atoms with Crippen molar-refractivity contribution >= 4 is 0 Å². The summed E-state index contributed by atoms with van der Waals surface area (Å²) in [6.45, 7) is 3.50. The largest absolute Gasteiger partial charge is 0.345 e. The molecule has 0 aliphatic heterocycles. The van der Waals surface area contributed by atoms with Crippen LogP contribution in [0.2, 0.25) is 0 Å². The fourth-order valence-electron chi connectivity index (χ4n) is 1.44. The molecule has 0 atom stereocenters. The summed E-state index contributed by atoms with van der Waals surface area (Å²) in [5.74, 6) is 1.98. The smallest absolute Gasteiger partial charge is 0.122 e. The van der Waals surface area contributed by atoms with E-state index in [1.807, 2.05) is 30.9 Å². The topological polar surface area (TPSA) is 58.5 Å². The standard InChI is InChI=1S/C10H15N5/c1-8-13-6-9(14-8)5-11-7-10-12-3-4-15(10)2/h3-4,6,11H,5,7H2,1-2H3,(H,13,14). The number of aryl methyl sites for hydroxylation is 2. The van der Waals surface area contributed by atoms with E-state index in [4.69, 9.17) is 0 Å². The van der Waals surface area contributed by atoms with E-state index in [9.17, 15) is 0 Å². The average Bonchev–Trinajstić information content (AvgIpc) is 2.77. The van der Waals surface area contributed by atoms with E-state index in [0.717, 1.165) is 30.4 Å². The van der Waals surface area contributed by atoms with Gasteiger partial charge in [-0.1, -0.05) is 0 Å². The van der Waals surface area contributed by atoms with E-state index in [1.165, 1.54) is 0 Å². The minimum atomic E-state index is 0.765. The predicted molar refractivity (Wildman–Crippen MR) is 57.1 cm³/mol. The van der Waals surface area contributed by atoms with E-state index in [0.29, 0.717) is 0 Å². The van der Waals surface area contributed by atoms with Crippen molar-refractivity contribution in [3.8, 4) is 0 Å². The number of nitrogens with one attached hydrogen (secondary N) is 2. The molecule has 2 rings (SSSR count). The second-order valence-corrected chi connectivity index (χ2v) is 3.55. The Labute approximate surface area is 88.6 Å². The second-order valence-electron chi connectivity index (χ2n) is 3.55. The SMILES string of the molecule is Cc1ncc(CNCc2nccn2C)[nH]1. The maximum absolute atomic E-state index is 4.23. The number of H-pyrrole nitrogens is 1. The summed E-state index contributed by atoms with van der Waals surface area (Å²) in [5, 5.41) is 3.30. The van der Waals surface area contributed by atoms with Crippen LogP contribution in [0.5, 0.6) is 0 Å². The van der Waals surface area contributed by atoms with E-state index in [1.54, 1.807) is 6.20 Å². The van der Waals surface area contributed by atoms with Crippen LogP contribution >= 0.6 is 0 Å². The lowest BCUT2D eigenvalue weighted by atomic mass is 10.4. The fraction of sp³-hybridized carbons (Fsp3) is 0.400. The third-order valence-electron chi connectivity index (χ3n) is 2.28. The molecule has 0 fully saturated rings. The van der Waals surface area contributed by atoms with Crippen molar-refractivity contribution in [2.24, 2.45) is 7.05 Å². The van der Waals surface area contributed by atoms with Gasteiger partial charge in [-0.25, -0.2) is 9.97 Å². The first-order valence-electron chi connectivity index (χ1n) is 4.93. The molecule has 2 heterocycles. The minimum Gasteiger partial charge on any atom is -0.345 e. The van der Waals surface area contributed by atoms with Crippen LogP contribution in [0.4, 0.5) is 0 Å². The third kappa shape index (κ3) is 2.44. The van der Waals surface area contributed by atoms with Crippen LogP contribution in [-0.2, 0) is 20.1 Å². The van der Waals surface area contributed by atoms with Gasteiger partial charge in [0.25, 0.3) is 0 Å². The quantitative estimate of drug-likeness (QED) is 0.774. The van der Waals surface area contributed by atoms with Gasteiger partial charge in [0.1, 0.15) is 11.6 Å². The first kappa shape index (κ1) is 9.92. The molecule has 0 unspecified atom stereocenters. The van der Waals surface area contributed by atoms with Crippen molar-refractivity contribution in [2.75, 3.05) is 0 Å². The van der Waals surface area contributed by atoms with Crippen molar-refractivity contribution in [3.63, 3.8) is 0 Å². The summed E-state index contributed by atoms with van der Waals surface area (Å²) >= 11 is 0. The van der Waals surface area contributed by atoms with Crippen molar-refractivity contribution in [1.82, 2.24) is 24.8 Å². The second kappa shape index (κ2) is 4.27. The minimum absolute atomic E-state index is 0.765. The summed E-state index contributed by atoms with van der Waals surface area (Å²) in [7, 11) is 1.99. The van der Waals surface area contributed by atoms with Gasteiger partial charge in [0.15, 0.2) is 0 Å². The first-order valence-corrected chi connectivity index (χ1v) is 4.93. The highest BCUT2D eigenvalue weighted by molar-refractivity contribution is 4.99. The Balaban J connectivity index is 1.83. The zero-order valence-electron chi connectivity index (χ0n) is 8.99. The molecule has 5 heteroatoms. The molecule has 0 amide bonds. The van der Waals surface area contributed by atoms with Crippen LogP contribution < -0.4 is 5.32 Å². The maximum atomic E-state index is 4.23. The molecule has 0 radical (unpaired) electrons. The fourth-order valence-corrected chi connectivity index (χ4v) is 1.44. The summed E-state index contributed by atoms with van der Waals surface area (Å²) in [5.41, 5.74) is 1.10. The highest BCUT2D eigenvalue weighted by Gasteiger charge is 1.99. The van der Waals surface area contributed by atoms with E-state index < -0.39 is 0 Å². The average molecular weight is 205 g/mol. The Bertz CT molecular complexity index is 428. The molecule has 0 aromatic carbocycles. The lowest BCUT2D eigenvalue weighted by molar-refractivity contribution is 0.632. The number of rotatable bonds is 4. The van der Waals surface area contributed by atoms with Crippen LogP contribution in [0, 0.1) is 6.92 Å². The van der Waals surface area contributed by atoms with Crippen LogP contribution in [0.25, 0.3) is 0 Å². The zero-order chi connectivity index (χ0) is 10.7. The van der Waals surface area contributed by atoms with Gasteiger partial charge in [-0.3, -0.25) is 0 Å². The molecule has 0 saturated carbocycles. The van der Waals surface area contributed by atoms with Crippen LogP contribution in [0.3, 0.4) is 0 Å². The molecule has 0 aliphatic rings. The Kier molecular flexibility index (Phi) is 2.82. The van der Waals surface area contributed by atoms with Gasteiger partial charge in [-0.2, -0.15) is 0 Å². The number of aromatic amines is 1. The van der Waals surface area contributed by atoms with E-state index in [2.05, 4.69) is 20.3 Å². The number of hydrogen-bond donors (Lipinski definition) is 2. The van der Waals surface area contributed by atoms with Crippen molar-refractivity contribution in [1.29, 1.82) is 0 Å². The van der Waals surface area contributed by atoms with Crippen LogP contribution in [0.15, 0.2) is 18.6 Å². The highest BCUT2D eigenvalue weighted by atomic mass is 15.1. The molecule has 80 valence electrons. The van der Waals surface area contributed by atoms with Gasteiger partial charge >= 0.3 is 0 Å². The number of hydrogen-bond acceptors (Lipinski definition) is 3. The van der Waals surface area contributed by atoms with Crippen molar-refractivity contribution in [2.45, 2.75) is 20.0 Å². The summed E-state index contributed by atoms with van der Waals surface area (Å²) in [6.07, 6.45) is 5.59. The van der Waals surface area contributed by atoms with Gasteiger partial charge in [-0.15, -0.1) is 0 Å². The first-order chi connectivity index (χ1) is 7.25. The lowest BCUT2D eigenvalue weighted by Crippen LogP contribution is -2.15. The molecular weight excluding hydrogens is 190 g/mol. The van der Waals surface area contributed by atoms with Crippen LogP contribution in [0.1, 0.15) is 17.3 Å². The summed E-state index contributed by atoms with van der Waals surface area (Å²) < 4.78 is 2.01. The van der Waals surface area contributed by atoms with Gasteiger partial charge in [0.2, 0.25) is 0 Å². The lowest BCUT2D eigenvalue weighted by Gasteiger charge is -2.02. The van der Waals surface area contributed by atoms with E-state index >= 15 is 0 Å². The molecule has 0 bridgehead atoms. The molecule has 2 aromatic heterocycles. The molecule has 2 aromatic rings. The summed E-state index contributed by atoms with van der Waals surface area (Å²) in [6, 6.07) is 0. The van der Waals surface area contributed by atoms with Crippen LogP contribution in [-0.4, -0.2) is 19.5 Å². The van der Waals surface area contributed by atoms with Gasteiger partial charge in [-0.05, 0) is 6.92 Å². The molecule has 2 N–H and O–H groups in total. The monoisotopic (exact) mass is 205 g/mol. The Morgan fingerprint density at radius 2 is 2.27 bits per heavy atom. The van der Waals surface area contributed by atoms with Gasteiger partial charge < -0.3 is 14.9 Å². The van der Waals surface area contributed by atoms with Crippen molar-refractivity contribution < 1.29 is 0 Å². The Morgan fingerprint density at radius 3 is 2.87 bits per heavy atom. The predicted octanol–water partition coefficient (Wildman–Crippen LogP) is 0.741. The Morgan fingerprint density at radius 1 is 1.40 bits per heavy atom. The molecule has 0 spiro atoms. The van der Waals surface area contributed by atoms with Crippen molar-refractivity contribution in [3.05, 3.63) is 35.9 Å². The summed E-state index contributed by atoms with van der Waals surface area (Å²) in [4.78, 5) is 11.5. The maximum Gasteiger partial charge on any atom is 0.122 e. The molecule has 0 aliphatic carbocycles. The normalized spacial score (nSPS) is 10.8. The zero-order valence-corrected chi connectivity index (χ0v) is 8.99. The van der Waals surface area contributed by atoms with Gasteiger partial charge in [0.05, 0.1) is 6.54 Å². The Hall–Kier alpha value is -1.62. The molecule has 15 heavy (non-hydrogen) atoms. The number of nitrogens with zero attached hydrogens (tertiary/aromatic N) is 3. The molecule has 5 nitrogen and oxygen atoms in total. The molecule has 0 saturated heterocycles. The molecular formula is C10H15N5. The highest BCUT2D eigenvalue weighted by Crippen LogP contribution is 1.97. The third-order valence-corrected chi connectivity index (χ3v) is 2.28. The number of aromatic nitrogens is 4. The number of imidazole rings is 2. The van der Waals surface area contributed by atoms with Gasteiger partial charge in [0, 0.05) is 37.9 Å².